The van der Waals surface area contributed by atoms with Crippen LogP contribution in [-0.2, 0) is 21.3 Å². The highest BCUT2D eigenvalue weighted by Gasteiger charge is 2.24. The van der Waals surface area contributed by atoms with Gasteiger partial charge in [0, 0.05) is 13.1 Å². The van der Waals surface area contributed by atoms with Gasteiger partial charge in [-0.15, -0.1) is 6.58 Å². The van der Waals surface area contributed by atoms with Crippen molar-refractivity contribution in [3.63, 3.8) is 0 Å². The molecule has 0 amide bonds. The zero-order valence-corrected chi connectivity index (χ0v) is 14.9. The molecular formula is C19H21NO4S. The highest BCUT2D eigenvalue weighted by Crippen LogP contribution is 2.20. The summed E-state index contributed by atoms with van der Waals surface area (Å²) in [5, 5.41) is 0. The van der Waals surface area contributed by atoms with Gasteiger partial charge in [0.05, 0.1) is 17.1 Å². The van der Waals surface area contributed by atoms with Gasteiger partial charge in [0.15, 0.2) is 0 Å². The van der Waals surface area contributed by atoms with E-state index in [1.165, 1.54) is 34.6 Å². The maximum Gasteiger partial charge on any atom is 0.338 e. The molecule has 0 fully saturated rings. The Balaban J connectivity index is 2.35. The Bertz CT molecular complexity index is 832. The molecule has 5 nitrogen and oxygen atoms in total. The molecule has 0 spiro atoms. The van der Waals surface area contributed by atoms with E-state index in [1.807, 2.05) is 30.3 Å². The summed E-state index contributed by atoms with van der Waals surface area (Å²) < 4.78 is 32.2. The van der Waals surface area contributed by atoms with Crippen LogP contribution < -0.4 is 0 Å². The molecule has 132 valence electrons. The summed E-state index contributed by atoms with van der Waals surface area (Å²) in [6.07, 6.45) is 1.54. The van der Waals surface area contributed by atoms with Crippen LogP contribution in [0.4, 0.5) is 0 Å². The highest BCUT2D eigenvalue weighted by atomic mass is 32.2. The second-order valence-electron chi connectivity index (χ2n) is 5.32. The van der Waals surface area contributed by atoms with Gasteiger partial charge in [-0.1, -0.05) is 42.5 Å². The summed E-state index contributed by atoms with van der Waals surface area (Å²) in [6, 6.07) is 15.2. The lowest BCUT2D eigenvalue weighted by Crippen LogP contribution is -2.31. The molecule has 0 aromatic heterocycles. The number of hydrogen-bond acceptors (Lipinski definition) is 4. The molecule has 2 rings (SSSR count). The van der Waals surface area contributed by atoms with E-state index in [-0.39, 0.29) is 30.2 Å². The van der Waals surface area contributed by atoms with Crippen molar-refractivity contribution in [1.82, 2.24) is 4.31 Å². The Morgan fingerprint density at radius 1 is 1.16 bits per heavy atom. The lowest BCUT2D eigenvalue weighted by Gasteiger charge is -2.21. The molecule has 2 aromatic rings. The van der Waals surface area contributed by atoms with E-state index < -0.39 is 16.0 Å². The van der Waals surface area contributed by atoms with Crippen molar-refractivity contribution in [2.75, 3.05) is 13.2 Å². The topological polar surface area (TPSA) is 63.7 Å². The lowest BCUT2D eigenvalue weighted by molar-refractivity contribution is 0.0526. The van der Waals surface area contributed by atoms with E-state index in [2.05, 4.69) is 6.58 Å². The van der Waals surface area contributed by atoms with E-state index in [0.717, 1.165) is 5.56 Å². The number of hydrogen-bond donors (Lipinski definition) is 0. The standard InChI is InChI=1S/C19H21NO4S/c1-3-13-20(15-16-9-6-5-7-10-16)25(22,23)18-12-8-11-17(14-18)19(21)24-4-2/h3,5-12,14H,1,4,13,15H2,2H3. The SMILES string of the molecule is C=CCN(Cc1ccccc1)S(=O)(=O)c1cccc(C(=O)OCC)c1. The Morgan fingerprint density at radius 2 is 1.88 bits per heavy atom. The highest BCUT2D eigenvalue weighted by molar-refractivity contribution is 7.89. The zero-order valence-electron chi connectivity index (χ0n) is 14.1. The van der Waals surface area contributed by atoms with Gasteiger partial charge in [-0.05, 0) is 30.7 Å². The summed E-state index contributed by atoms with van der Waals surface area (Å²) in [7, 11) is -3.78. The van der Waals surface area contributed by atoms with Crippen LogP contribution in [0.25, 0.3) is 0 Å². The summed E-state index contributed by atoms with van der Waals surface area (Å²) >= 11 is 0. The van der Waals surface area contributed by atoms with Crippen LogP contribution in [0.5, 0.6) is 0 Å². The third kappa shape index (κ3) is 4.78. The first-order chi connectivity index (χ1) is 12.0. The Kier molecular flexibility index (Phi) is 6.50. The summed E-state index contributed by atoms with van der Waals surface area (Å²) in [6.45, 7) is 5.95. The van der Waals surface area contributed by atoms with Gasteiger partial charge in [-0.2, -0.15) is 4.31 Å². The molecule has 0 atom stereocenters. The maximum atomic E-state index is 13.0. The van der Waals surface area contributed by atoms with Crippen LogP contribution in [0.1, 0.15) is 22.8 Å². The van der Waals surface area contributed by atoms with E-state index in [1.54, 1.807) is 6.92 Å². The van der Waals surface area contributed by atoms with Crippen molar-refractivity contribution in [2.45, 2.75) is 18.4 Å². The number of esters is 1. The number of ether oxygens (including phenoxy) is 1. The van der Waals surface area contributed by atoms with Gasteiger partial charge in [0.25, 0.3) is 0 Å². The van der Waals surface area contributed by atoms with Crippen molar-refractivity contribution < 1.29 is 17.9 Å². The molecule has 0 saturated heterocycles. The minimum absolute atomic E-state index is 0.0517. The molecule has 0 heterocycles. The average molecular weight is 359 g/mol. The van der Waals surface area contributed by atoms with Crippen LogP contribution in [0.15, 0.2) is 72.1 Å². The third-order valence-electron chi connectivity index (χ3n) is 3.52. The van der Waals surface area contributed by atoms with Crippen LogP contribution in [0.3, 0.4) is 0 Å². The zero-order chi connectivity index (χ0) is 18.3. The molecule has 0 radical (unpaired) electrons. The minimum atomic E-state index is -3.78. The normalized spacial score (nSPS) is 11.3. The van der Waals surface area contributed by atoms with Crippen LogP contribution >= 0.6 is 0 Å². The summed E-state index contributed by atoms with van der Waals surface area (Å²) in [4.78, 5) is 11.9. The number of sulfonamides is 1. The molecule has 0 bridgehead atoms. The molecule has 0 aliphatic rings. The second kappa shape index (κ2) is 8.60. The smallest absolute Gasteiger partial charge is 0.338 e. The molecule has 0 aliphatic heterocycles. The lowest BCUT2D eigenvalue weighted by atomic mass is 10.2. The molecular weight excluding hydrogens is 338 g/mol. The molecule has 6 heteroatoms. The van der Waals surface area contributed by atoms with Gasteiger partial charge in [0.2, 0.25) is 10.0 Å². The fourth-order valence-electron chi connectivity index (χ4n) is 2.33. The second-order valence-corrected chi connectivity index (χ2v) is 7.26. The molecule has 0 aliphatic carbocycles. The molecule has 2 aromatic carbocycles. The molecule has 0 saturated carbocycles. The van der Waals surface area contributed by atoms with Crippen molar-refractivity contribution in [2.24, 2.45) is 0 Å². The van der Waals surface area contributed by atoms with Crippen molar-refractivity contribution in [1.29, 1.82) is 0 Å². The molecule has 0 unspecified atom stereocenters. The first kappa shape index (κ1) is 18.9. The summed E-state index contributed by atoms with van der Waals surface area (Å²) in [5.74, 6) is -0.544. The minimum Gasteiger partial charge on any atom is -0.462 e. The van der Waals surface area contributed by atoms with E-state index in [9.17, 15) is 13.2 Å². The maximum absolute atomic E-state index is 13.0. The fraction of sp³-hybridized carbons (Fsp3) is 0.211. The predicted molar refractivity (Wildman–Crippen MR) is 96.6 cm³/mol. The third-order valence-corrected chi connectivity index (χ3v) is 5.33. The van der Waals surface area contributed by atoms with Crippen molar-refractivity contribution in [3.8, 4) is 0 Å². The largest absolute Gasteiger partial charge is 0.462 e. The number of nitrogens with zero attached hydrogens (tertiary/aromatic N) is 1. The van der Waals surface area contributed by atoms with Crippen LogP contribution in [-0.4, -0.2) is 31.8 Å². The van der Waals surface area contributed by atoms with E-state index in [4.69, 9.17) is 4.74 Å². The fourth-order valence-corrected chi connectivity index (χ4v) is 3.77. The van der Waals surface area contributed by atoms with Crippen molar-refractivity contribution >= 4 is 16.0 Å². The van der Waals surface area contributed by atoms with E-state index >= 15 is 0 Å². The number of carbonyl (C=O) groups is 1. The van der Waals surface area contributed by atoms with Gasteiger partial charge in [0.1, 0.15) is 0 Å². The first-order valence-corrected chi connectivity index (χ1v) is 9.35. The quantitative estimate of drug-likeness (QED) is 0.536. The number of rotatable bonds is 8. The predicted octanol–water partition coefficient (Wildman–Crippen LogP) is 3.24. The Labute approximate surface area is 148 Å². The monoisotopic (exact) mass is 359 g/mol. The average Bonchev–Trinajstić information content (AvgIpc) is 2.62. The van der Waals surface area contributed by atoms with Gasteiger partial charge < -0.3 is 4.74 Å². The first-order valence-electron chi connectivity index (χ1n) is 7.91. The van der Waals surface area contributed by atoms with Crippen LogP contribution in [0, 0.1) is 0 Å². The molecule has 25 heavy (non-hydrogen) atoms. The number of benzene rings is 2. The number of carbonyl (C=O) groups excluding carboxylic acids is 1. The van der Waals surface area contributed by atoms with Gasteiger partial charge in [-0.25, -0.2) is 13.2 Å². The Hall–Kier alpha value is -2.44. The molecule has 0 N–H and O–H groups in total. The van der Waals surface area contributed by atoms with Crippen molar-refractivity contribution in [3.05, 3.63) is 78.4 Å². The Morgan fingerprint density at radius 3 is 2.52 bits per heavy atom. The van der Waals surface area contributed by atoms with Gasteiger partial charge >= 0.3 is 5.97 Å². The van der Waals surface area contributed by atoms with E-state index in [0.29, 0.717) is 0 Å². The van der Waals surface area contributed by atoms with Gasteiger partial charge in [-0.3, -0.25) is 0 Å². The summed E-state index contributed by atoms with van der Waals surface area (Å²) in [5.41, 5.74) is 1.08. The van der Waals surface area contributed by atoms with Crippen LogP contribution in [0.2, 0.25) is 0 Å².